The van der Waals surface area contributed by atoms with Crippen molar-refractivity contribution in [1.29, 1.82) is 0 Å². The number of Topliss-reactive ketones (excluding diaryl/α,β-unsaturated/α-hetero) is 1. The van der Waals surface area contributed by atoms with Crippen LogP contribution in [0.1, 0.15) is 51.5 Å². The highest BCUT2D eigenvalue weighted by Gasteiger charge is 2.24. The van der Waals surface area contributed by atoms with Crippen molar-refractivity contribution in [3.05, 3.63) is 35.9 Å². The maximum absolute atomic E-state index is 12.1. The van der Waals surface area contributed by atoms with Gasteiger partial charge < -0.3 is 14.8 Å². The molecular formula is C19H27NO5. The predicted octanol–water partition coefficient (Wildman–Crippen LogP) is 3.38. The summed E-state index contributed by atoms with van der Waals surface area (Å²) in [5.74, 6) is -0.820. The summed E-state index contributed by atoms with van der Waals surface area (Å²) in [5.41, 5.74) is 0.833. The van der Waals surface area contributed by atoms with Crippen LogP contribution in [-0.4, -0.2) is 30.5 Å². The van der Waals surface area contributed by atoms with Gasteiger partial charge in [0.05, 0.1) is 6.61 Å². The quantitative estimate of drug-likeness (QED) is 0.489. The highest BCUT2D eigenvalue weighted by molar-refractivity contribution is 5.87. The number of carbonyl (C=O) groups is 3. The maximum atomic E-state index is 12.1. The van der Waals surface area contributed by atoms with Gasteiger partial charge in [0.2, 0.25) is 0 Å². The highest BCUT2D eigenvalue weighted by Crippen LogP contribution is 2.04. The monoisotopic (exact) mass is 349 g/mol. The molecule has 0 spiro atoms. The summed E-state index contributed by atoms with van der Waals surface area (Å²) in [4.78, 5) is 35.3. The van der Waals surface area contributed by atoms with Gasteiger partial charge in [0.1, 0.15) is 18.4 Å². The van der Waals surface area contributed by atoms with Crippen LogP contribution in [0.2, 0.25) is 0 Å². The molecule has 1 rings (SSSR count). The molecule has 0 radical (unpaired) electrons. The molecule has 0 bridgehead atoms. The zero-order chi connectivity index (χ0) is 18.5. The molecule has 0 saturated heterocycles. The van der Waals surface area contributed by atoms with Crippen LogP contribution >= 0.6 is 0 Å². The van der Waals surface area contributed by atoms with Gasteiger partial charge in [0.15, 0.2) is 0 Å². The molecule has 0 fully saturated rings. The number of esters is 1. The fourth-order valence-electron chi connectivity index (χ4n) is 2.19. The summed E-state index contributed by atoms with van der Waals surface area (Å²) in [6.45, 7) is 3.83. The van der Waals surface area contributed by atoms with Crippen LogP contribution < -0.4 is 5.32 Å². The van der Waals surface area contributed by atoms with Crippen molar-refractivity contribution in [1.82, 2.24) is 5.32 Å². The van der Waals surface area contributed by atoms with Crippen molar-refractivity contribution < 1.29 is 23.9 Å². The van der Waals surface area contributed by atoms with Crippen LogP contribution in [0.4, 0.5) is 4.79 Å². The normalized spacial score (nSPS) is 11.4. The standard InChI is InChI=1S/C19H27NO5/c1-3-4-5-9-12-24-18(22)17(13-15(2)21)20-19(23)25-14-16-10-7-6-8-11-16/h6-8,10-11,17H,3-5,9,12-14H2,1-2H3,(H,20,23). The lowest BCUT2D eigenvalue weighted by molar-refractivity contribution is -0.147. The summed E-state index contributed by atoms with van der Waals surface area (Å²) >= 11 is 0. The Morgan fingerprint density at radius 2 is 1.76 bits per heavy atom. The van der Waals surface area contributed by atoms with E-state index in [9.17, 15) is 14.4 Å². The molecule has 1 N–H and O–H groups in total. The first-order valence-electron chi connectivity index (χ1n) is 8.66. The number of hydrogen-bond donors (Lipinski definition) is 1. The van der Waals surface area contributed by atoms with Gasteiger partial charge in [-0.05, 0) is 18.9 Å². The first-order valence-corrected chi connectivity index (χ1v) is 8.66. The van der Waals surface area contributed by atoms with Crippen molar-refractivity contribution in [2.24, 2.45) is 0 Å². The lowest BCUT2D eigenvalue weighted by Crippen LogP contribution is -2.43. The molecular weight excluding hydrogens is 322 g/mol. The van der Waals surface area contributed by atoms with E-state index in [4.69, 9.17) is 9.47 Å². The first-order chi connectivity index (χ1) is 12.0. The number of alkyl carbamates (subject to hydrolysis) is 1. The Bertz CT molecular complexity index is 544. The number of ketones is 1. The second kappa shape index (κ2) is 12.1. The van der Waals surface area contributed by atoms with E-state index in [0.29, 0.717) is 0 Å². The number of rotatable bonds is 11. The molecule has 1 amide bonds. The van der Waals surface area contributed by atoms with E-state index < -0.39 is 18.1 Å². The fourth-order valence-corrected chi connectivity index (χ4v) is 2.19. The minimum atomic E-state index is -1.02. The second-order valence-electron chi connectivity index (χ2n) is 5.89. The van der Waals surface area contributed by atoms with Gasteiger partial charge in [0, 0.05) is 6.42 Å². The molecule has 1 atom stereocenters. The van der Waals surface area contributed by atoms with Gasteiger partial charge >= 0.3 is 12.1 Å². The van der Waals surface area contributed by atoms with Gasteiger partial charge in [-0.1, -0.05) is 56.5 Å². The van der Waals surface area contributed by atoms with Crippen LogP contribution in [-0.2, 0) is 25.7 Å². The third-order valence-corrected chi connectivity index (χ3v) is 3.52. The number of carbonyl (C=O) groups excluding carboxylic acids is 3. The van der Waals surface area contributed by atoms with Gasteiger partial charge in [-0.2, -0.15) is 0 Å². The average molecular weight is 349 g/mol. The molecule has 0 heterocycles. The number of amides is 1. The van der Waals surface area contributed by atoms with Crippen molar-refractivity contribution in [2.75, 3.05) is 6.61 Å². The summed E-state index contributed by atoms with van der Waals surface area (Å²) < 4.78 is 10.2. The Labute approximate surface area is 148 Å². The molecule has 1 aromatic rings. The fraction of sp³-hybridized carbons (Fsp3) is 0.526. The number of ether oxygens (including phenoxy) is 2. The topological polar surface area (TPSA) is 81.7 Å². The van der Waals surface area contributed by atoms with E-state index >= 15 is 0 Å². The SMILES string of the molecule is CCCCCCOC(=O)C(CC(C)=O)NC(=O)OCc1ccccc1. The van der Waals surface area contributed by atoms with Crippen LogP contribution in [0, 0.1) is 0 Å². The van der Waals surface area contributed by atoms with Gasteiger partial charge in [-0.3, -0.25) is 4.79 Å². The Morgan fingerprint density at radius 3 is 2.40 bits per heavy atom. The molecule has 0 aliphatic rings. The number of unbranched alkanes of at least 4 members (excludes halogenated alkanes) is 3. The van der Waals surface area contributed by atoms with E-state index in [1.54, 1.807) is 0 Å². The first kappa shape index (κ1) is 20.7. The third-order valence-electron chi connectivity index (χ3n) is 3.52. The zero-order valence-corrected chi connectivity index (χ0v) is 15.0. The van der Waals surface area contributed by atoms with E-state index in [-0.39, 0.29) is 25.4 Å². The second-order valence-corrected chi connectivity index (χ2v) is 5.89. The predicted molar refractivity (Wildman–Crippen MR) is 93.9 cm³/mol. The summed E-state index contributed by atoms with van der Waals surface area (Å²) in [6, 6.07) is 8.17. The van der Waals surface area contributed by atoms with Gasteiger partial charge in [-0.15, -0.1) is 0 Å². The van der Waals surface area contributed by atoms with Gasteiger partial charge in [-0.25, -0.2) is 9.59 Å². The van der Waals surface area contributed by atoms with Gasteiger partial charge in [0.25, 0.3) is 0 Å². The van der Waals surface area contributed by atoms with E-state index in [2.05, 4.69) is 12.2 Å². The molecule has 25 heavy (non-hydrogen) atoms. The number of nitrogens with one attached hydrogen (secondary N) is 1. The Kier molecular flexibility index (Phi) is 9.97. The van der Waals surface area contributed by atoms with Crippen molar-refractivity contribution >= 4 is 17.8 Å². The molecule has 6 nitrogen and oxygen atoms in total. The molecule has 1 unspecified atom stereocenters. The molecule has 1 aromatic carbocycles. The Morgan fingerprint density at radius 1 is 1.04 bits per heavy atom. The largest absolute Gasteiger partial charge is 0.464 e. The van der Waals surface area contributed by atoms with E-state index in [1.807, 2.05) is 30.3 Å². The third kappa shape index (κ3) is 9.49. The van der Waals surface area contributed by atoms with Crippen LogP contribution in [0.3, 0.4) is 0 Å². The minimum absolute atomic E-state index is 0.0888. The molecule has 0 aliphatic heterocycles. The lowest BCUT2D eigenvalue weighted by atomic mass is 10.1. The molecule has 0 aliphatic carbocycles. The minimum Gasteiger partial charge on any atom is -0.464 e. The lowest BCUT2D eigenvalue weighted by Gasteiger charge is -2.16. The van der Waals surface area contributed by atoms with E-state index in [0.717, 1.165) is 31.2 Å². The van der Waals surface area contributed by atoms with Crippen LogP contribution in [0.15, 0.2) is 30.3 Å². The van der Waals surface area contributed by atoms with Crippen molar-refractivity contribution in [3.8, 4) is 0 Å². The summed E-state index contributed by atoms with van der Waals surface area (Å²) in [6.07, 6.45) is 3.05. The summed E-state index contributed by atoms with van der Waals surface area (Å²) in [7, 11) is 0. The molecule has 0 aromatic heterocycles. The summed E-state index contributed by atoms with van der Waals surface area (Å²) in [5, 5.41) is 2.41. The Hall–Kier alpha value is -2.37. The number of hydrogen-bond acceptors (Lipinski definition) is 5. The van der Waals surface area contributed by atoms with Crippen LogP contribution in [0.25, 0.3) is 0 Å². The smallest absolute Gasteiger partial charge is 0.408 e. The molecule has 138 valence electrons. The number of benzene rings is 1. The molecule has 6 heteroatoms. The van der Waals surface area contributed by atoms with E-state index in [1.165, 1.54) is 6.92 Å². The Balaban J connectivity index is 2.43. The van der Waals surface area contributed by atoms with Crippen molar-refractivity contribution in [2.45, 2.75) is 58.6 Å². The average Bonchev–Trinajstić information content (AvgIpc) is 2.59. The van der Waals surface area contributed by atoms with Crippen LogP contribution in [0.5, 0.6) is 0 Å². The highest BCUT2D eigenvalue weighted by atomic mass is 16.6. The molecule has 0 saturated carbocycles. The maximum Gasteiger partial charge on any atom is 0.408 e. The van der Waals surface area contributed by atoms with Crippen molar-refractivity contribution in [3.63, 3.8) is 0 Å². The zero-order valence-electron chi connectivity index (χ0n) is 15.0.